The van der Waals surface area contributed by atoms with Crippen LogP contribution in [0.3, 0.4) is 0 Å². The zero-order chi connectivity index (χ0) is 36.3. The predicted molar refractivity (Wildman–Crippen MR) is 190 cm³/mol. The number of aliphatic imine (C=N–C) groups is 1. The number of para-hydroxylation sites is 1. The van der Waals surface area contributed by atoms with Crippen LogP contribution in [0.5, 0.6) is 0 Å². The van der Waals surface area contributed by atoms with Crippen LogP contribution in [0.4, 0.5) is 0 Å². The Morgan fingerprint density at radius 3 is 2.33 bits per heavy atom. The number of nitrogens with two attached hydrogens (primary N) is 2. The first-order valence-corrected chi connectivity index (χ1v) is 16.7. The average molecular weight is 698 g/mol. The van der Waals surface area contributed by atoms with E-state index < -0.39 is 47.8 Å². The van der Waals surface area contributed by atoms with Crippen LogP contribution in [-0.4, -0.2) is 81.2 Å². The highest BCUT2D eigenvalue weighted by molar-refractivity contribution is 5.96. The molecule has 0 saturated heterocycles. The number of H-pyrrole nitrogens is 2. The zero-order valence-electron chi connectivity index (χ0n) is 28.2. The molecule has 4 atom stereocenters. The largest absolute Gasteiger partial charge is 0.370 e. The number of guanidine groups is 1. The molecule has 2 aromatic heterocycles. The molecule has 51 heavy (non-hydrogen) atoms. The summed E-state index contributed by atoms with van der Waals surface area (Å²) >= 11 is 0. The minimum Gasteiger partial charge on any atom is -0.370 e. The van der Waals surface area contributed by atoms with Crippen LogP contribution in [-0.2, 0) is 49.8 Å². The summed E-state index contributed by atoms with van der Waals surface area (Å²) in [5.41, 5.74) is 15.0. The Bertz CT molecular complexity index is 1870. The van der Waals surface area contributed by atoms with E-state index in [2.05, 4.69) is 46.5 Å². The summed E-state index contributed by atoms with van der Waals surface area (Å²) in [5.74, 6) is -2.73. The van der Waals surface area contributed by atoms with E-state index in [1.54, 1.807) is 12.1 Å². The number of amides is 5. The molecule has 268 valence electrons. The molecular weight excluding hydrogens is 654 g/mol. The van der Waals surface area contributed by atoms with Gasteiger partial charge in [0.15, 0.2) is 5.96 Å². The van der Waals surface area contributed by atoms with Crippen molar-refractivity contribution in [1.82, 2.24) is 41.5 Å². The lowest BCUT2D eigenvalue weighted by atomic mass is 10.0. The van der Waals surface area contributed by atoms with Crippen molar-refractivity contribution in [3.8, 4) is 0 Å². The number of nitrogens with zero attached hydrogens (tertiary/aromatic N) is 2. The van der Waals surface area contributed by atoms with Crippen molar-refractivity contribution in [3.05, 3.63) is 89.6 Å². The van der Waals surface area contributed by atoms with Gasteiger partial charge in [0.25, 0.3) is 0 Å². The molecule has 0 radical (unpaired) electrons. The molecule has 0 bridgehead atoms. The molecule has 0 saturated carbocycles. The van der Waals surface area contributed by atoms with Gasteiger partial charge in [0.05, 0.1) is 12.9 Å². The Labute approximate surface area is 294 Å². The fourth-order valence-electron chi connectivity index (χ4n) is 6.07. The van der Waals surface area contributed by atoms with Gasteiger partial charge in [-0.15, -0.1) is 0 Å². The molecule has 16 nitrogen and oxygen atoms in total. The number of rotatable bonds is 15. The number of nitrogens with one attached hydrogen (secondary N) is 7. The molecular formula is C35H43N11O5. The lowest BCUT2D eigenvalue weighted by molar-refractivity contribution is -0.134. The standard InChI is InChI=1S/C35H43N11O5/c1-20(47)42-28(15-22-17-38-19-41-22)34(51)45-27(14-21-8-3-2-4-9-21)33(50)44-26(12-7-13-39-35(36)37)32(49)46-29-16-24-23-10-5-6-11-25(23)43-30(24)18-40-31(29)48/h2-6,8-11,17,19,26-29,43H,7,12-16,18H2,1H3,(H,38,41)(H,40,48)(H,42,47)(H,44,50)(H,45,51)(H,46,49)(H4,36,37,39)/t26-,27+,28-,29-/m0/s1. The number of carbonyl (C=O) groups is 5. The fourth-order valence-corrected chi connectivity index (χ4v) is 6.07. The van der Waals surface area contributed by atoms with Gasteiger partial charge >= 0.3 is 0 Å². The van der Waals surface area contributed by atoms with Crippen LogP contribution in [0.15, 0.2) is 72.1 Å². The van der Waals surface area contributed by atoms with E-state index >= 15 is 0 Å². The predicted octanol–water partition coefficient (Wildman–Crippen LogP) is -0.439. The topological polar surface area (TPSA) is 254 Å². The first-order chi connectivity index (χ1) is 24.6. The van der Waals surface area contributed by atoms with Gasteiger partial charge in [0.1, 0.15) is 24.2 Å². The van der Waals surface area contributed by atoms with Crippen LogP contribution in [0.2, 0.25) is 0 Å². The maximum atomic E-state index is 14.0. The average Bonchev–Trinajstić information content (AvgIpc) is 3.71. The second-order valence-corrected chi connectivity index (χ2v) is 12.4. The minimum absolute atomic E-state index is 0.0893. The second-order valence-electron chi connectivity index (χ2n) is 12.4. The van der Waals surface area contributed by atoms with Crippen molar-refractivity contribution < 1.29 is 24.0 Å². The number of hydrogen-bond donors (Lipinski definition) is 9. The second kappa shape index (κ2) is 17.0. The van der Waals surface area contributed by atoms with Gasteiger partial charge in [-0.25, -0.2) is 4.98 Å². The van der Waals surface area contributed by atoms with Crippen molar-refractivity contribution >= 4 is 46.4 Å². The highest BCUT2D eigenvalue weighted by Gasteiger charge is 2.33. The molecule has 5 rings (SSSR count). The smallest absolute Gasteiger partial charge is 0.243 e. The van der Waals surface area contributed by atoms with E-state index in [0.717, 1.165) is 27.7 Å². The number of imidazole rings is 1. The van der Waals surface area contributed by atoms with Gasteiger partial charge in [-0.3, -0.25) is 29.0 Å². The first-order valence-electron chi connectivity index (χ1n) is 16.7. The van der Waals surface area contributed by atoms with Gasteiger partial charge in [-0.2, -0.15) is 0 Å². The molecule has 0 fully saturated rings. The van der Waals surface area contributed by atoms with Crippen LogP contribution in [0.25, 0.3) is 10.9 Å². The maximum absolute atomic E-state index is 14.0. The van der Waals surface area contributed by atoms with Gasteiger partial charge in [0, 0.05) is 61.2 Å². The Kier molecular flexibility index (Phi) is 12.0. The number of hydrogen-bond acceptors (Lipinski definition) is 7. The summed E-state index contributed by atoms with van der Waals surface area (Å²) in [6, 6.07) is 12.6. The summed E-state index contributed by atoms with van der Waals surface area (Å²) in [7, 11) is 0. The monoisotopic (exact) mass is 697 g/mol. The van der Waals surface area contributed by atoms with Crippen LogP contribution in [0.1, 0.15) is 42.3 Å². The molecule has 1 aliphatic heterocycles. The van der Waals surface area contributed by atoms with Crippen molar-refractivity contribution in [1.29, 1.82) is 0 Å². The third-order valence-corrected chi connectivity index (χ3v) is 8.55. The van der Waals surface area contributed by atoms with E-state index in [4.69, 9.17) is 11.5 Å². The third-order valence-electron chi connectivity index (χ3n) is 8.55. The van der Waals surface area contributed by atoms with Crippen molar-refractivity contribution in [2.45, 2.75) is 69.7 Å². The SMILES string of the molecule is CC(=O)N[C@@H](Cc1cnc[nH]1)C(=O)N[C@H](Cc1ccccc1)C(=O)N[C@@H](CCCN=C(N)N)C(=O)N[C@H]1Cc2c([nH]c3ccccc23)CNC1=O. The van der Waals surface area contributed by atoms with Gasteiger partial charge in [0.2, 0.25) is 29.5 Å². The van der Waals surface area contributed by atoms with Crippen molar-refractivity contribution in [2.75, 3.05) is 6.54 Å². The minimum atomic E-state index is -1.14. The van der Waals surface area contributed by atoms with Gasteiger partial charge in [-0.05, 0) is 30.0 Å². The molecule has 16 heteroatoms. The fraction of sp³-hybridized carbons (Fsp3) is 0.343. The summed E-state index contributed by atoms with van der Waals surface area (Å²) in [6.45, 7) is 1.76. The van der Waals surface area contributed by atoms with Gasteiger partial charge < -0.3 is 48.0 Å². The van der Waals surface area contributed by atoms with Crippen molar-refractivity contribution in [3.63, 3.8) is 0 Å². The lowest BCUT2D eigenvalue weighted by Crippen LogP contribution is -2.59. The highest BCUT2D eigenvalue weighted by Crippen LogP contribution is 2.25. The molecule has 3 heterocycles. The quantitative estimate of drug-likeness (QED) is 0.0446. The van der Waals surface area contributed by atoms with Crippen molar-refractivity contribution in [2.24, 2.45) is 16.5 Å². The molecule has 0 unspecified atom stereocenters. The molecule has 0 aliphatic carbocycles. The number of aromatic amines is 2. The van der Waals surface area contributed by atoms with E-state index in [1.165, 1.54) is 19.4 Å². The first kappa shape index (κ1) is 36.1. The van der Waals surface area contributed by atoms with E-state index in [1.807, 2.05) is 42.5 Å². The van der Waals surface area contributed by atoms with Crippen LogP contribution in [0, 0.1) is 0 Å². The number of aromatic nitrogens is 3. The maximum Gasteiger partial charge on any atom is 0.243 e. The summed E-state index contributed by atoms with van der Waals surface area (Å²) in [6.07, 6.45) is 3.87. The highest BCUT2D eigenvalue weighted by atomic mass is 16.2. The Balaban J connectivity index is 1.36. The van der Waals surface area contributed by atoms with Crippen LogP contribution < -0.4 is 38.1 Å². The third kappa shape index (κ3) is 9.93. The molecule has 11 N–H and O–H groups in total. The summed E-state index contributed by atoms with van der Waals surface area (Å²) in [4.78, 5) is 80.9. The molecule has 1 aliphatic rings. The number of fused-ring (bicyclic) bond motifs is 3. The Hall–Kier alpha value is -6.19. The van der Waals surface area contributed by atoms with E-state index in [9.17, 15) is 24.0 Å². The number of carbonyl (C=O) groups excluding carboxylic acids is 5. The molecule has 4 aromatic rings. The number of benzene rings is 2. The molecule has 0 spiro atoms. The Morgan fingerprint density at radius 1 is 0.922 bits per heavy atom. The lowest BCUT2D eigenvalue weighted by Gasteiger charge is -2.26. The van der Waals surface area contributed by atoms with E-state index in [-0.39, 0.29) is 50.6 Å². The van der Waals surface area contributed by atoms with Gasteiger partial charge in [-0.1, -0.05) is 48.5 Å². The summed E-state index contributed by atoms with van der Waals surface area (Å²) < 4.78 is 0. The van der Waals surface area contributed by atoms with E-state index in [0.29, 0.717) is 12.1 Å². The summed E-state index contributed by atoms with van der Waals surface area (Å²) in [5, 5.41) is 14.9. The molecule has 2 aromatic carbocycles. The zero-order valence-corrected chi connectivity index (χ0v) is 28.2. The Morgan fingerprint density at radius 2 is 1.63 bits per heavy atom. The normalized spacial score (nSPS) is 15.6. The molecule has 5 amide bonds. The van der Waals surface area contributed by atoms with Crippen LogP contribution >= 0.6 is 0 Å².